The SMILES string of the molecule is C[C@@H](c1nnc(SCc2nc3ccccc3s2)n1-c1ccc(F)cc1)N(C)C. The van der Waals surface area contributed by atoms with Crippen molar-refractivity contribution in [3.05, 3.63) is 65.2 Å². The summed E-state index contributed by atoms with van der Waals surface area (Å²) in [5.74, 6) is 1.26. The second kappa shape index (κ2) is 7.98. The summed E-state index contributed by atoms with van der Waals surface area (Å²) < 4.78 is 16.6. The summed E-state index contributed by atoms with van der Waals surface area (Å²) in [6.07, 6.45) is 0. The Morgan fingerprint density at radius 3 is 2.57 bits per heavy atom. The fourth-order valence-corrected chi connectivity index (χ4v) is 4.74. The summed E-state index contributed by atoms with van der Waals surface area (Å²) in [5.41, 5.74) is 1.87. The van der Waals surface area contributed by atoms with E-state index >= 15 is 0 Å². The maximum Gasteiger partial charge on any atom is 0.196 e. The highest BCUT2D eigenvalue weighted by molar-refractivity contribution is 7.98. The van der Waals surface area contributed by atoms with Crippen molar-refractivity contribution in [3.63, 3.8) is 0 Å². The fourth-order valence-electron chi connectivity index (χ4n) is 2.82. The number of thioether (sulfide) groups is 1. The minimum Gasteiger partial charge on any atom is -0.300 e. The molecular weight excluding hydrogens is 393 g/mol. The van der Waals surface area contributed by atoms with Crippen LogP contribution >= 0.6 is 23.1 Å². The fraction of sp³-hybridized carbons (Fsp3) is 0.250. The van der Waals surface area contributed by atoms with Crippen molar-refractivity contribution in [3.8, 4) is 5.69 Å². The molecule has 0 amide bonds. The lowest BCUT2D eigenvalue weighted by Gasteiger charge is -2.20. The average molecular weight is 414 g/mol. The van der Waals surface area contributed by atoms with Gasteiger partial charge < -0.3 is 0 Å². The molecule has 4 aromatic rings. The van der Waals surface area contributed by atoms with Crippen LogP contribution in [0, 0.1) is 5.82 Å². The number of hydrogen-bond acceptors (Lipinski definition) is 6. The van der Waals surface area contributed by atoms with E-state index in [1.807, 2.05) is 36.9 Å². The van der Waals surface area contributed by atoms with Crippen molar-refractivity contribution in [1.82, 2.24) is 24.6 Å². The summed E-state index contributed by atoms with van der Waals surface area (Å²) in [4.78, 5) is 6.77. The van der Waals surface area contributed by atoms with Crippen molar-refractivity contribution in [2.45, 2.75) is 23.9 Å². The van der Waals surface area contributed by atoms with Gasteiger partial charge in [-0.3, -0.25) is 9.47 Å². The van der Waals surface area contributed by atoms with E-state index < -0.39 is 0 Å². The Labute approximate surface area is 171 Å². The molecule has 2 aromatic carbocycles. The molecule has 0 bridgehead atoms. The first-order valence-corrected chi connectivity index (χ1v) is 10.7. The Hall–Kier alpha value is -2.29. The highest BCUT2D eigenvalue weighted by atomic mass is 32.2. The first kappa shape index (κ1) is 19.0. The molecule has 8 heteroatoms. The number of rotatable bonds is 6. The second-order valence-electron chi connectivity index (χ2n) is 6.66. The smallest absolute Gasteiger partial charge is 0.196 e. The number of nitrogens with zero attached hydrogens (tertiary/aromatic N) is 5. The van der Waals surface area contributed by atoms with Crippen molar-refractivity contribution >= 4 is 33.3 Å². The van der Waals surface area contributed by atoms with E-state index in [1.54, 1.807) is 35.2 Å². The minimum absolute atomic E-state index is 0.0642. The molecule has 2 aromatic heterocycles. The van der Waals surface area contributed by atoms with Crippen LogP contribution in [0.25, 0.3) is 15.9 Å². The van der Waals surface area contributed by atoms with E-state index in [4.69, 9.17) is 4.98 Å². The van der Waals surface area contributed by atoms with Gasteiger partial charge in [0.25, 0.3) is 0 Å². The molecule has 0 aliphatic rings. The predicted octanol–water partition coefficient (Wildman–Crippen LogP) is 4.93. The first-order valence-electron chi connectivity index (χ1n) is 8.88. The Balaban J connectivity index is 1.66. The summed E-state index contributed by atoms with van der Waals surface area (Å²) in [6, 6.07) is 14.6. The van der Waals surface area contributed by atoms with Gasteiger partial charge in [0.2, 0.25) is 0 Å². The van der Waals surface area contributed by atoms with Gasteiger partial charge in [-0.25, -0.2) is 9.37 Å². The summed E-state index contributed by atoms with van der Waals surface area (Å²) >= 11 is 3.28. The number of para-hydroxylation sites is 1. The van der Waals surface area contributed by atoms with Gasteiger partial charge in [-0.05, 0) is 57.4 Å². The van der Waals surface area contributed by atoms with Crippen LogP contribution in [0.4, 0.5) is 4.39 Å². The van der Waals surface area contributed by atoms with E-state index in [2.05, 4.69) is 28.1 Å². The molecule has 0 saturated carbocycles. The third-order valence-corrected chi connectivity index (χ3v) is 6.71. The number of hydrogen-bond donors (Lipinski definition) is 0. The number of aromatic nitrogens is 4. The van der Waals surface area contributed by atoms with Crippen molar-refractivity contribution in [2.75, 3.05) is 14.1 Å². The number of fused-ring (bicyclic) bond motifs is 1. The zero-order valence-corrected chi connectivity index (χ0v) is 17.5. The van der Waals surface area contributed by atoms with Gasteiger partial charge in [-0.1, -0.05) is 23.9 Å². The zero-order valence-electron chi connectivity index (χ0n) is 15.8. The second-order valence-corrected chi connectivity index (χ2v) is 8.71. The molecule has 2 heterocycles. The normalized spacial score (nSPS) is 12.8. The molecule has 5 nitrogen and oxygen atoms in total. The Morgan fingerprint density at radius 2 is 1.86 bits per heavy atom. The van der Waals surface area contributed by atoms with Crippen LogP contribution in [-0.4, -0.2) is 38.7 Å². The van der Waals surface area contributed by atoms with Gasteiger partial charge in [0, 0.05) is 5.69 Å². The highest BCUT2D eigenvalue weighted by Crippen LogP contribution is 2.31. The van der Waals surface area contributed by atoms with Gasteiger partial charge in [-0.2, -0.15) is 0 Å². The van der Waals surface area contributed by atoms with Crippen LogP contribution in [0.5, 0.6) is 0 Å². The quantitative estimate of drug-likeness (QED) is 0.420. The lowest BCUT2D eigenvalue weighted by Crippen LogP contribution is -2.20. The Morgan fingerprint density at radius 1 is 1.11 bits per heavy atom. The topological polar surface area (TPSA) is 46.8 Å². The Bertz CT molecular complexity index is 1050. The number of thiazole rings is 1. The largest absolute Gasteiger partial charge is 0.300 e. The van der Waals surface area contributed by atoms with Crippen molar-refractivity contribution in [2.24, 2.45) is 0 Å². The zero-order chi connectivity index (χ0) is 19.7. The molecule has 0 saturated heterocycles. The highest BCUT2D eigenvalue weighted by Gasteiger charge is 2.21. The van der Waals surface area contributed by atoms with E-state index in [-0.39, 0.29) is 11.9 Å². The number of halogens is 1. The molecule has 4 rings (SSSR count). The van der Waals surface area contributed by atoms with Gasteiger partial charge >= 0.3 is 0 Å². The summed E-state index contributed by atoms with van der Waals surface area (Å²) in [6.45, 7) is 2.08. The van der Waals surface area contributed by atoms with Crippen molar-refractivity contribution < 1.29 is 4.39 Å². The molecule has 0 aliphatic carbocycles. The van der Waals surface area contributed by atoms with Gasteiger partial charge in [0.1, 0.15) is 10.8 Å². The molecule has 0 fully saturated rings. The number of benzene rings is 2. The van der Waals surface area contributed by atoms with Crippen LogP contribution in [-0.2, 0) is 5.75 Å². The van der Waals surface area contributed by atoms with E-state index in [0.29, 0.717) is 5.75 Å². The molecule has 0 unspecified atom stereocenters. The lowest BCUT2D eigenvalue weighted by atomic mass is 10.2. The monoisotopic (exact) mass is 413 g/mol. The van der Waals surface area contributed by atoms with Crippen LogP contribution in [0.15, 0.2) is 53.7 Å². The van der Waals surface area contributed by atoms with E-state index in [9.17, 15) is 4.39 Å². The molecule has 0 radical (unpaired) electrons. The molecule has 1 atom stereocenters. The maximum absolute atomic E-state index is 13.4. The summed E-state index contributed by atoms with van der Waals surface area (Å²) in [7, 11) is 4.00. The Kier molecular flexibility index (Phi) is 5.43. The van der Waals surface area contributed by atoms with E-state index in [1.165, 1.54) is 16.8 Å². The van der Waals surface area contributed by atoms with E-state index in [0.717, 1.165) is 27.2 Å². The van der Waals surface area contributed by atoms with Crippen LogP contribution < -0.4 is 0 Å². The molecule has 0 spiro atoms. The third-order valence-electron chi connectivity index (χ3n) is 4.55. The van der Waals surface area contributed by atoms with Crippen LogP contribution in [0.2, 0.25) is 0 Å². The standard InChI is InChI=1S/C20H20FN5S2/c1-13(25(2)3)19-23-24-20(26(19)15-10-8-14(21)9-11-15)27-12-18-22-16-6-4-5-7-17(16)28-18/h4-11,13H,12H2,1-3H3/t13-/m0/s1. The van der Waals surface area contributed by atoms with Crippen LogP contribution in [0.3, 0.4) is 0 Å². The molecule has 0 aliphatic heterocycles. The first-order chi connectivity index (χ1) is 13.5. The average Bonchev–Trinajstić information content (AvgIpc) is 3.30. The van der Waals surface area contributed by atoms with Gasteiger partial charge in [-0.15, -0.1) is 21.5 Å². The van der Waals surface area contributed by atoms with Gasteiger partial charge in [0.15, 0.2) is 11.0 Å². The molecule has 28 heavy (non-hydrogen) atoms. The third kappa shape index (κ3) is 3.80. The minimum atomic E-state index is -0.261. The lowest BCUT2D eigenvalue weighted by molar-refractivity contribution is 0.305. The summed E-state index contributed by atoms with van der Waals surface area (Å²) in [5, 5.41) is 10.7. The van der Waals surface area contributed by atoms with Crippen molar-refractivity contribution in [1.29, 1.82) is 0 Å². The molecule has 0 N–H and O–H groups in total. The maximum atomic E-state index is 13.4. The van der Waals surface area contributed by atoms with Crippen LogP contribution in [0.1, 0.15) is 23.8 Å². The predicted molar refractivity (Wildman–Crippen MR) is 113 cm³/mol. The van der Waals surface area contributed by atoms with Gasteiger partial charge in [0.05, 0.1) is 22.0 Å². The molecular formula is C20H20FN5S2. The molecule has 144 valence electrons.